The topological polar surface area (TPSA) is 53.5 Å². The fourth-order valence-corrected chi connectivity index (χ4v) is 3.00. The van der Waals surface area contributed by atoms with E-state index in [4.69, 9.17) is 0 Å². The third-order valence-electron chi connectivity index (χ3n) is 4.07. The Kier molecular flexibility index (Phi) is 2.36. The van der Waals surface area contributed by atoms with E-state index in [1.165, 1.54) is 4.90 Å². The molecule has 0 bridgehead atoms. The lowest BCUT2D eigenvalue weighted by Crippen LogP contribution is -2.45. The van der Waals surface area contributed by atoms with Gasteiger partial charge in [-0.15, -0.1) is 0 Å². The van der Waals surface area contributed by atoms with Crippen LogP contribution >= 0.6 is 0 Å². The van der Waals surface area contributed by atoms with E-state index < -0.39 is 5.54 Å². The van der Waals surface area contributed by atoms with Gasteiger partial charge in [0.15, 0.2) is 0 Å². The number of carbonyl (C=O) groups is 2. The number of hydrogen-bond acceptors (Lipinski definition) is 3. The summed E-state index contributed by atoms with van der Waals surface area (Å²) in [7, 11) is 1.73. The Morgan fingerprint density at radius 2 is 1.78 bits per heavy atom. The molecule has 0 unspecified atom stereocenters. The van der Waals surface area contributed by atoms with E-state index in [-0.39, 0.29) is 11.9 Å². The van der Waals surface area contributed by atoms with Gasteiger partial charge in [0.05, 0.1) is 5.69 Å². The maximum Gasteiger partial charge on any atom is 0.332 e. The molecule has 2 fully saturated rings. The number of aromatic nitrogens is 1. The van der Waals surface area contributed by atoms with Crippen molar-refractivity contribution in [3.63, 3.8) is 0 Å². The standard InChI is InChI=1S/C13H15N3O2/c1-15-12(18)16(10-4-8-14-9-5-10)11(17)13(15)6-2-3-7-13/h4-5,8-9H,2-3,6-7H2,1H3. The van der Waals surface area contributed by atoms with Crippen LogP contribution < -0.4 is 4.90 Å². The van der Waals surface area contributed by atoms with Crippen LogP contribution in [0.2, 0.25) is 0 Å². The van der Waals surface area contributed by atoms with Gasteiger partial charge in [-0.2, -0.15) is 0 Å². The molecule has 18 heavy (non-hydrogen) atoms. The SMILES string of the molecule is CN1C(=O)N(c2ccncc2)C(=O)C12CCCC2. The van der Waals surface area contributed by atoms with Crippen molar-refractivity contribution < 1.29 is 9.59 Å². The van der Waals surface area contributed by atoms with Gasteiger partial charge in [-0.1, -0.05) is 12.8 Å². The highest BCUT2D eigenvalue weighted by molar-refractivity contribution is 6.23. The average molecular weight is 245 g/mol. The number of imide groups is 1. The maximum absolute atomic E-state index is 12.6. The van der Waals surface area contributed by atoms with Gasteiger partial charge in [0.25, 0.3) is 5.91 Å². The zero-order valence-corrected chi connectivity index (χ0v) is 10.3. The summed E-state index contributed by atoms with van der Waals surface area (Å²) in [4.78, 5) is 31.7. The Labute approximate surface area is 105 Å². The summed E-state index contributed by atoms with van der Waals surface area (Å²) >= 11 is 0. The van der Waals surface area contributed by atoms with Crippen LogP contribution in [0.15, 0.2) is 24.5 Å². The Bertz CT molecular complexity index is 494. The second kappa shape index (κ2) is 3.80. The second-order valence-corrected chi connectivity index (χ2v) is 4.93. The largest absolute Gasteiger partial charge is 0.332 e. The fraction of sp³-hybridized carbons (Fsp3) is 0.462. The molecule has 0 radical (unpaired) electrons. The number of anilines is 1. The van der Waals surface area contributed by atoms with Gasteiger partial charge in [-0.05, 0) is 25.0 Å². The Hall–Kier alpha value is -1.91. The van der Waals surface area contributed by atoms with E-state index in [9.17, 15) is 9.59 Å². The molecule has 1 saturated carbocycles. The third-order valence-corrected chi connectivity index (χ3v) is 4.07. The van der Waals surface area contributed by atoms with Crippen molar-refractivity contribution >= 4 is 17.6 Å². The van der Waals surface area contributed by atoms with Crippen LogP contribution in [0.3, 0.4) is 0 Å². The van der Waals surface area contributed by atoms with E-state index in [0.29, 0.717) is 5.69 Å². The Morgan fingerprint density at radius 1 is 1.17 bits per heavy atom. The first-order chi connectivity index (χ1) is 8.67. The number of carbonyl (C=O) groups excluding carboxylic acids is 2. The molecule has 5 heteroatoms. The Balaban J connectivity index is 2.03. The molecule has 3 rings (SSSR count). The quantitative estimate of drug-likeness (QED) is 0.709. The van der Waals surface area contributed by atoms with Crippen LogP contribution in [0.25, 0.3) is 0 Å². The van der Waals surface area contributed by atoms with Crippen molar-refractivity contribution in [2.24, 2.45) is 0 Å². The monoisotopic (exact) mass is 245 g/mol. The lowest BCUT2D eigenvalue weighted by Gasteiger charge is -2.27. The summed E-state index contributed by atoms with van der Waals surface area (Å²) in [6.07, 6.45) is 6.75. The number of pyridine rings is 1. The summed E-state index contributed by atoms with van der Waals surface area (Å²) in [5, 5.41) is 0. The highest BCUT2D eigenvalue weighted by Crippen LogP contribution is 2.42. The van der Waals surface area contributed by atoms with Crippen molar-refractivity contribution in [3.8, 4) is 0 Å². The van der Waals surface area contributed by atoms with Gasteiger partial charge in [0.2, 0.25) is 0 Å². The highest BCUT2D eigenvalue weighted by Gasteiger charge is 2.57. The molecular weight excluding hydrogens is 230 g/mol. The normalized spacial score (nSPS) is 22.3. The van der Waals surface area contributed by atoms with E-state index in [2.05, 4.69) is 4.98 Å². The number of rotatable bonds is 1. The summed E-state index contributed by atoms with van der Waals surface area (Å²) in [6.45, 7) is 0. The zero-order chi connectivity index (χ0) is 12.8. The molecule has 1 aromatic rings. The third kappa shape index (κ3) is 1.30. The van der Waals surface area contributed by atoms with Gasteiger partial charge < -0.3 is 4.90 Å². The zero-order valence-electron chi connectivity index (χ0n) is 10.3. The van der Waals surface area contributed by atoms with E-state index in [1.54, 1.807) is 36.5 Å². The van der Waals surface area contributed by atoms with Crippen molar-refractivity contribution in [1.29, 1.82) is 0 Å². The number of hydrogen-bond donors (Lipinski definition) is 0. The maximum atomic E-state index is 12.6. The molecule has 0 N–H and O–H groups in total. The second-order valence-electron chi connectivity index (χ2n) is 4.93. The molecule has 2 heterocycles. The lowest BCUT2D eigenvalue weighted by atomic mass is 9.96. The first-order valence-electron chi connectivity index (χ1n) is 6.19. The molecule has 94 valence electrons. The van der Waals surface area contributed by atoms with E-state index >= 15 is 0 Å². The predicted molar refractivity (Wildman–Crippen MR) is 66.1 cm³/mol. The summed E-state index contributed by atoms with van der Waals surface area (Å²) in [6, 6.07) is 3.16. The van der Waals surface area contributed by atoms with Gasteiger partial charge in [0.1, 0.15) is 5.54 Å². The van der Waals surface area contributed by atoms with Gasteiger partial charge in [-0.3, -0.25) is 9.78 Å². The molecule has 5 nitrogen and oxygen atoms in total. The predicted octanol–water partition coefficient (Wildman–Crippen LogP) is 1.79. The molecule has 1 aromatic heterocycles. The Morgan fingerprint density at radius 3 is 2.39 bits per heavy atom. The highest BCUT2D eigenvalue weighted by atomic mass is 16.2. The van der Waals surface area contributed by atoms with Crippen LogP contribution in [0.4, 0.5) is 10.5 Å². The number of amides is 3. The van der Waals surface area contributed by atoms with Gasteiger partial charge >= 0.3 is 6.03 Å². The summed E-state index contributed by atoms with van der Waals surface area (Å²) in [5.41, 5.74) is 0.0102. The van der Waals surface area contributed by atoms with Crippen LogP contribution in [0.5, 0.6) is 0 Å². The van der Waals surface area contributed by atoms with Crippen molar-refractivity contribution in [3.05, 3.63) is 24.5 Å². The smallest absolute Gasteiger partial charge is 0.312 e. The first-order valence-corrected chi connectivity index (χ1v) is 6.19. The minimum atomic E-state index is -0.597. The molecule has 1 aliphatic carbocycles. The van der Waals surface area contributed by atoms with Crippen molar-refractivity contribution in [2.75, 3.05) is 11.9 Å². The fourth-order valence-electron chi connectivity index (χ4n) is 3.00. The van der Waals surface area contributed by atoms with Crippen molar-refractivity contribution in [1.82, 2.24) is 9.88 Å². The minimum Gasteiger partial charge on any atom is -0.312 e. The molecule has 2 aliphatic rings. The number of nitrogens with zero attached hydrogens (tertiary/aromatic N) is 3. The van der Waals surface area contributed by atoms with Crippen molar-refractivity contribution in [2.45, 2.75) is 31.2 Å². The molecule has 1 saturated heterocycles. The molecule has 1 aliphatic heterocycles. The molecule has 0 atom stereocenters. The van der Waals surface area contributed by atoms with E-state index in [0.717, 1.165) is 25.7 Å². The van der Waals surface area contributed by atoms with Gasteiger partial charge in [-0.25, -0.2) is 9.69 Å². The van der Waals surface area contributed by atoms with Crippen LogP contribution in [-0.2, 0) is 4.79 Å². The van der Waals surface area contributed by atoms with Crippen LogP contribution in [0.1, 0.15) is 25.7 Å². The average Bonchev–Trinajstić information content (AvgIpc) is 2.95. The van der Waals surface area contributed by atoms with Crippen LogP contribution in [-0.4, -0.2) is 34.4 Å². The molecule has 1 spiro atoms. The minimum absolute atomic E-state index is 0.0845. The lowest BCUT2D eigenvalue weighted by molar-refractivity contribution is -0.124. The van der Waals surface area contributed by atoms with E-state index in [1.807, 2.05) is 0 Å². The molecule has 3 amide bonds. The van der Waals surface area contributed by atoms with Gasteiger partial charge in [0, 0.05) is 19.4 Å². The molecule has 0 aromatic carbocycles. The summed E-state index contributed by atoms with van der Waals surface area (Å²) in [5.74, 6) is -0.0845. The number of likely N-dealkylation sites (N-methyl/N-ethyl adjacent to an activating group) is 1. The molecular formula is C13H15N3O2. The number of urea groups is 1. The summed E-state index contributed by atoms with van der Waals surface area (Å²) < 4.78 is 0. The van der Waals surface area contributed by atoms with Crippen LogP contribution in [0, 0.1) is 0 Å². The first kappa shape index (κ1) is 11.2.